The lowest BCUT2D eigenvalue weighted by molar-refractivity contribution is 0.219. The molecule has 0 amide bonds. The van der Waals surface area contributed by atoms with Gasteiger partial charge in [0.15, 0.2) is 0 Å². The Hall–Kier alpha value is -0.800. The minimum Gasteiger partial charge on any atom is -0.381 e. The van der Waals surface area contributed by atoms with Crippen molar-refractivity contribution >= 4 is 17.3 Å². The van der Waals surface area contributed by atoms with Gasteiger partial charge in [-0.2, -0.15) is 0 Å². The second-order valence-corrected chi connectivity index (χ2v) is 5.45. The van der Waals surface area contributed by atoms with Crippen LogP contribution in [0.1, 0.15) is 31.7 Å². The first-order valence-electron chi connectivity index (χ1n) is 6.80. The molecule has 1 aromatic rings. The number of halogens is 1. The van der Waals surface area contributed by atoms with Gasteiger partial charge in [-0.25, -0.2) is 4.98 Å². The van der Waals surface area contributed by atoms with Gasteiger partial charge >= 0.3 is 0 Å². The molecule has 1 saturated heterocycles. The summed E-state index contributed by atoms with van der Waals surface area (Å²) in [6, 6.07) is 2.65. The van der Waals surface area contributed by atoms with Gasteiger partial charge in [0.2, 0.25) is 0 Å². The van der Waals surface area contributed by atoms with Crippen molar-refractivity contribution in [2.45, 2.75) is 39.2 Å². The van der Waals surface area contributed by atoms with Crippen molar-refractivity contribution in [1.29, 1.82) is 0 Å². The predicted octanol–water partition coefficient (Wildman–Crippen LogP) is 3.33. The molecule has 1 aliphatic rings. The van der Waals surface area contributed by atoms with Gasteiger partial charge in [-0.05, 0) is 44.4 Å². The summed E-state index contributed by atoms with van der Waals surface area (Å²) in [4.78, 5) is 6.73. The predicted molar refractivity (Wildman–Crippen MR) is 77.4 cm³/mol. The molecule has 0 saturated carbocycles. The molecule has 0 spiro atoms. The van der Waals surface area contributed by atoms with Gasteiger partial charge in [-0.15, -0.1) is 0 Å². The minimum atomic E-state index is 0.570. The Bertz CT molecular complexity index is 387. The summed E-state index contributed by atoms with van der Waals surface area (Å²) >= 11 is 5.93. The van der Waals surface area contributed by atoms with Gasteiger partial charge in [0.05, 0.1) is 11.9 Å². The molecule has 1 N–H and O–H groups in total. The van der Waals surface area contributed by atoms with Crippen LogP contribution in [-0.4, -0.2) is 35.6 Å². The van der Waals surface area contributed by atoms with Gasteiger partial charge in [0, 0.05) is 19.1 Å². The van der Waals surface area contributed by atoms with E-state index in [1.54, 1.807) is 0 Å². The number of likely N-dealkylation sites (tertiary alicyclic amines) is 1. The maximum atomic E-state index is 5.93. The molecule has 1 fully saturated rings. The first-order chi connectivity index (χ1) is 8.69. The summed E-state index contributed by atoms with van der Waals surface area (Å²) in [5.41, 5.74) is 2.12. The zero-order valence-corrected chi connectivity index (χ0v) is 12.0. The number of piperidine rings is 1. The Morgan fingerprint density at radius 1 is 1.44 bits per heavy atom. The maximum absolute atomic E-state index is 5.93. The summed E-state index contributed by atoms with van der Waals surface area (Å²) in [6.45, 7) is 7.86. The van der Waals surface area contributed by atoms with E-state index >= 15 is 0 Å². The lowest BCUT2D eigenvalue weighted by Crippen LogP contribution is -2.39. The van der Waals surface area contributed by atoms with E-state index in [0.29, 0.717) is 11.2 Å². The van der Waals surface area contributed by atoms with Crippen LogP contribution in [0.25, 0.3) is 0 Å². The monoisotopic (exact) mass is 267 g/mol. The standard InChI is InChI=1S/C14H22ClN3/c1-3-6-18-7-4-12(5-8-18)17-13-9-11(2)14(15)16-10-13/h9-10,12,17H,3-8H2,1-2H3. The van der Waals surface area contributed by atoms with Crippen molar-refractivity contribution in [3.63, 3.8) is 0 Å². The van der Waals surface area contributed by atoms with E-state index in [-0.39, 0.29) is 0 Å². The van der Waals surface area contributed by atoms with Crippen molar-refractivity contribution < 1.29 is 0 Å². The van der Waals surface area contributed by atoms with Crippen molar-refractivity contribution in [2.75, 3.05) is 25.0 Å². The fourth-order valence-electron chi connectivity index (χ4n) is 2.49. The summed E-state index contributed by atoms with van der Waals surface area (Å²) in [5, 5.41) is 4.16. The van der Waals surface area contributed by atoms with Crippen LogP contribution in [0, 0.1) is 6.92 Å². The third kappa shape index (κ3) is 3.59. The Morgan fingerprint density at radius 2 is 2.17 bits per heavy atom. The number of pyridine rings is 1. The average molecular weight is 268 g/mol. The normalized spacial score (nSPS) is 17.9. The van der Waals surface area contributed by atoms with Crippen LogP contribution >= 0.6 is 11.6 Å². The van der Waals surface area contributed by atoms with Crippen molar-refractivity contribution in [3.8, 4) is 0 Å². The van der Waals surface area contributed by atoms with Gasteiger partial charge in [0.25, 0.3) is 0 Å². The maximum Gasteiger partial charge on any atom is 0.132 e. The summed E-state index contributed by atoms with van der Waals surface area (Å²) in [7, 11) is 0. The third-order valence-corrected chi connectivity index (χ3v) is 3.91. The summed E-state index contributed by atoms with van der Waals surface area (Å²) < 4.78 is 0. The molecule has 2 heterocycles. The Labute approximate surface area is 115 Å². The molecular weight excluding hydrogens is 246 g/mol. The number of aryl methyl sites for hydroxylation is 1. The molecule has 0 atom stereocenters. The lowest BCUT2D eigenvalue weighted by Gasteiger charge is -2.32. The molecule has 0 unspecified atom stereocenters. The quantitative estimate of drug-likeness (QED) is 0.849. The Balaban J connectivity index is 1.85. The Morgan fingerprint density at radius 3 is 2.78 bits per heavy atom. The van der Waals surface area contributed by atoms with E-state index in [0.717, 1.165) is 11.3 Å². The van der Waals surface area contributed by atoms with E-state index in [2.05, 4.69) is 28.2 Å². The smallest absolute Gasteiger partial charge is 0.132 e. The van der Waals surface area contributed by atoms with Crippen LogP contribution in [0.3, 0.4) is 0 Å². The fourth-order valence-corrected chi connectivity index (χ4v) is 2.59. The van der Waals surface area contributed by atoms with Crippen molar-refractivity contribution in [2.24, 2.45) is 0 Å². The number of nitrogens with one attached hydrogen (secondary N) is 1. The number of hydrogen-bond donors (Lipinski definition) is 1. The number of hydrogen-bond acceptors (Lipinski definition) is 3. The van der Waals surface area contributed by atoms with Gasteiger partial charge < -0.3 is 10.2 Å². The Kier molecular flexibility index (Phi) is 4.84. The average Bonchev–Trinajstić information content (AvgIpc) is 2.37. The van der Waals surface area contributed by atoms with Crippen molar-refractivity contribution in [3.05, 3.63) is 23.0 Å². The minimum absolute atomic E-state index is 0.570. The third-order valence-electron chi connectivity index (χ3n) is 3.51. The topological polar surface area (TPSA) is 28.2 Å². The van der Waals surface area contributed by atoms with Gasteiger partial charge in [0.1, 0.15) is 5.15 Å². The molecule has 0 radical (unpaired) electrons. The second kappa shape index (κ2) is 6.39. The van der Waals surface area contributed by atoms with Crippen LogP contribution in [-0.2, 0) is 0 Å². The highest BCUT2D eigenvalue weighted by atomic mass is 35.5. The van der Waals surface area contributed by atoms with E-state index in [1.165, 1.54) is 38.9 Å². The summed E-state index contributed by atoms with van der Waals surface area (Å²) in [6.07, 6.45) is 5.50. The van der Waals surface area contributed by atoms with Crippen LogP contribution < -0.4 is 5.32 Å². The van der Waals surface area contributed by atoms with Gasteiger partial charge in [-0.3, -0.25) is 0 Å². The number of aromatic nitrogens is 1. The molecule has 0 bridgehead atoms. The molecule has 4 heteroatoms. The van der Waals surface area contributed by atoms with Crippen LogP contribution in [0.4, 0.5) is 5.69 Å². The van der Waals surface area contributed by atoms with E-state index in [4.69, 9.17) is 11.6 Å². The van der Waals surface area contributed by atoms with Crippen molar-refractivity contribution in [1.82, 2.24) is 9.88 Å². The second-order valence-electron chi connectivity index (χ2n) is 5.09. The molecule has 0 aliphatic carbocycles. The molecule has 1 aliphatic heterocycles. The highest BCUT2D eigenvalue weighted by Crippen LogP contribution is 2.20. The number of anilines is 1. The zero-order chi connectivity index (χ0) is 13.0. The first-order valence-corrected chi connectivity index (χ1v) is 7.18. The van der Waals surface area contributed by atoms with Crippen LogP contribution in [0.2, 0.25) is 5.15 Å². The van der Waals surface area contributed by atoms with E-state index in [1.807, 2.05) is 13.1 Å². The molecule has 2 rings (SSSR count). The fraction of sp³-hybridized carbons (Fsp3) is 0.643. The largest absolute Gasteiger partial charge is 0.381 e. The molecular formula is C14H22ClN3. The summed E-state index contributed by atoms with van der Waals surface area (Å²) in [5.74, 6) is 0. The highest BCUT2D eigenvalue weighted by Gasteiger charge is 2.18. The van der Waals surface area contributed by atoms with Crippen LogP contribution in [0.5, 0.6) is 0 Å². The number of rotatable bonds is 4. The molecule has 100 valence electrons. The van der Waals surface area contributed by atoms with Crippen LogP contribution in [0.15, 0.2) is 12.3 Å². The SMILES string of the molecule is CCCN1CCC(Nc2cnc(Cl)c(C)c2)CC1. The molecule has 3 nitrogen and oxygen atoms in total. The number of nitrogens with zero attached hydrogens (tertiary/aromatic N) is 2. The molecule has 1 aromatic heterocycles. The van der Waals surface area contributed by atoms with E-state index < -0.39 is 0 Å². The van der Waals surface area contributed by atoms with Gasteiger partial charge in [-0.1, -0.05) is 18.5 Å². The first kappa shape index (κ1) is 13.6. The highest BCUT2D eigenvalue weighted by molar-refractivity contribution is 6.30. The molecule has 0 aromatic carbocycles. The van der Waals surface area contributed by atoms with E-state index in [9.17, 15) is 0 Å². The zero-order valence-electron chi connectivity index (χ0n) is 11.2. The molecule has 18 heavy (non-hydrogen) atoms. The lowest BCUT2D eigenvalue weighted by atomic mass is 10.0.